The van der Waals surface area contributed by atoms with Crippen LogP contribution in [0.25, 0.3) is 0 Å². The van der Waals surface area contributed by atoms with Crippen LogP contribution < -0.4 is 0 Å². The van der Waals surface area contributed by atoms with E-state index in [9.17, 15) is 9.90 Å². The van der Waals surface area contributed by atoms with Crippen molar-refractivity contribution in [2.75, 3.05) is 12.9 Å². The summed E-state index contributed by atoms with van der Waals surface area (Å²) in [7, 11) is 1.40. The van der Waals surface area contributed by atoms with E-state index in [1.807, 2.05) is 24.3 Å². The number of carbonyl (C=O) groups is 1. The average molecular weight is 294 g/mol. The zero-order valence-electron chi connectivity index (χ0n) is 12.1. The molecule has 1 aromatic rings. The number of ether oxygens (including phenoxy) is 1. The van der Waals surface area contributed by atoms with Gasteiger partial charge in [-0.25, -0.2) is 0 Å². The van der Waals surface area contributed by atoms with Crippen molar-refractivity contribution >= 4 is 17.7 Å². The number of carbonyl (C=O) groups excluding carboxylic acids is 1. The van der Waals surface area contributed by atoms with Gasteiger partial charge in [-0.3, -0.25) is 4.79 Å². The van der Waals surface area contributed by atoms with E-state index in [2.05, 4.69) is 6.92 Å². The SMILES string of the molecule is CCCCC(C(=O)OC)C1(O)CCSc2ccccc21. The number of unbranched alkanes of at least 4 members (excludes halogenated alkanes) is 1. The highest BCUT2D eigenvalue weighted by atomic mass is 32.2. The van der Waals surface area contributed by atoms with Crippen molar-refractivity contribution in [3.8, 4) is 0 Å². The van der Waals surface area contributed by atoms with Gasteiger partial charge in [-0.05, 0) is 24.5 Å². The second kappa shape index (κ2) is 6.64. The van der Waals surface area contributed by atoms with E-state index in [-0.39, 0.29) is 5.97 Å². The molecule has 0 bridgehead atoms. The van der Waals surface area contributed by atoms with Crippen LogP contribution in [0.4, 0.5) is 0 Å². The number of methoxy groups -OCH3 is 1. The van der Waals surface area contributed by atoms with E-state index in [4.69, 9.17) is 4.74 Å². The molecule has 3 nitrogen and oxygen atoms in total. The minimum atomic E-state index is -1.09. The predicted octanol–water partition coefficient (Wildman–Crippen LogP) is 3.35. The quantitative estimate of drug-likeness (QED) is 0.846. The highest BCUT2D eigenvalue weighted by Gasteiger charge is 2.45. The van der Waals surface area contributed by atoms with Crippen LogP contribution in [0.1, 0.15) is 38.2 Å². The minimum Gasteiger partial charge on any atom is -0.469 e. The Morgan fingerprint density at radius 2 is 2.25 bits per heavy atom. The Balaban J connectivity index is 2.38. The fraction of sp³-hybridized carbons (Fsp3) is 0.562. The third-order valence-corrected chi connectivity index (χ3v) is 5.08. The molecule has 0 fully saturated rings. The van der Waals surface area contributed by atoms with Crippen LogP contribution in [0.3, 0.4) is 0 Å². The summed E-state index contributed by atoms with van der Waals surface area (Å²) < 4.78 is 4.94. The molecule has 0 amide bonds. The molecule has 2 rings (SSSR count). The Morgan fingerprint density at radius 3 is 2.95 bits per heavy atom. The van der Waals surface area contributed by atoms with Gasteiger partial charge in [0.25, 0.3) is 0 Å². The number of hydrogen-bond donors (Lipinski definition) is 1. The molecule has 110 valence electrons. The van der Waals surface area contributed by atoms with Gasteiger partial charge in [-0.1, -0.05) is 38.0 Å². The van der Waals surface area contributed by atoms with Gasteiger partial charge < -0.3 is 9.84 Å². The van der Waals surface area contributed by atoms with Crippen LogP contribution in [0.2, 0.25) is 0 Å². The molecular weight excluding hydrogens is 272 g/mol. The Bertz CT molecular complexity index is 475. The fourth-order valence-corrected chi connectivity index (χ4v) is 4.07. The number of thioether (sulfide) groups is 1. The average Bonchev–Trinajstić information content (AvgIpc) is 2.48. The molecule has 1 aliphatic heterocycles. The molecule has 1 aliphatic rings. The summed E-state index contributed by atoms with van der Waals surface area (Å²) in [5.41, 5.74) is -0.216. The van der Waals surface area contributed by atoms with E-state index in [0.29, 0.717) is 12.8 Å². The summed E-state index contributed by atoms with van der Waals surface area (Å²) in [6.45, 7) is 2.09. The zero-order chi connectivity index (χ0) is 14.6. The zero-order valence-corrected chi connectivity index (χ0v) is 12.9. The maximum absolute atomic E-state index is 12.1. The van der Waals surface area contributed by atoms with Crippen molar-refractivity contribution in [3.05, 3.63) is 29.8 Å². The van der Waals surface area contributed by atoms with Crippen LogP contribution in [0.5, 0.6) is 0 Å². The molecule has 0 spiro atoms. The molecule has 0 aliphatic carbocycles. The number of rotatable bonds is 5. The van der Waals surface area contributed by atoms with E-state index < -0.39 is 11.5 Å². The first-order valence-electron chi connectivity index (χ1n) is 7.16. The van der Waals surface area contributed by atoms with E-state index >= 15 is 0 Å². The van der Waals surface area contributed by atoms with Crippen molar-refractivity contribution in [2.45, 2.75) is 43.1 Å². The Hall–Kier alpha value is -1.00. The second-order valence-electron chi connectivity index (χ2n) is 5.24. The molecular formula is C16H22O3S. The Labute approximate surface area is 124 Å². The third kappa shape index (κ3) is 2.86. The Morgan fingerprint density at radius 1 is 1.50 bits per heavy atom. The summed E-state index contributed by atoms with van der Waals surface area (Å²) in [5.74, 6) is 0.0461. The van der Waals surface area contributed by atoms with Gasteiger partial charge in [-0.15, -0.1) is 11.8 Å². The molecule has 0 radical (unpaired) electrons. The topological polar surface area (TPSA) is 46.5 Å². The monoisotopic (exact) mass is 294 g/mol. The summed E-state index contributed by atoms with van der Waals surface area (Å²) in [6, 6.07) is 7.84. The van der Waals surface area contributed by atoms with Crippen molar-refractivity contribution < 1.29 is 14.6 Å². The standard InChI is InChI=1S/C16H22O3S/c1-3-4-7-13(15(17)19-2)16(18)10-11-20-14-9-6-5-8-12(14)16/h5-6,8-9,13,18H,3-4,7,10-11H2,1-2H3. The summed E-state index contributed by atoms with van der Waals surface area (Å²) in [4.78, 5) is 13.2. The number of aliphatic hydroxyl groups is 1. The molecule has 1 N–H and O–H groups in total. The van der Waals surface area contributed by atoms with Gasteiger partial charge in [0.1, 0.15) is 5.60 Å². The number of fused-ring (bicyclic) bond motifs is 1. The van der Waals surface area contributed by atoms with Crippen molar-refractivity contribution in [1.82, 2.24) is 0 Å². The number of hydrogen-bond acceptors (Lipinski definition) is 4. The molecule has 0 saturated heterocycles. The maximum Gasteiger partial charge on any atom is 0.311 e. The van der Waals surface area contributed by atoms with Crippen LogP contribution in [-0.2, 0) is 15.1 Å². The number of esters is 1. The number of benzene rings is 1. The predicted molar refractivity (Wildman–Crippen MR) is 80.7 cm³/mol. The summed E-state index contributed by atoms with van der Waals surface area (Å²) in [5, 5.41) is 11.2. The molecule has 0 saturated carbocycles. The van der Waals surface area contributed by atoms with Gasteiger partial charge in [0.2, 0.25) is 0 Å². The normalized spacial score (nSPS) is 22.9. The summed E-state index contributed by atoms with van der Waals surface area (Å²) >= 11 is 1.74. The van der Waals surface area contributed by atoms with Gasteiger partial charge >= 0.3 is 5.97 Å². The van der Waals surface area contributed by atoms with E-state index in [0.717, 1.165) is 29.1 Å². The second-order valence-corrected chi connectivity index (χ2v) is 6.37. The molecule has 2 unspecified atom stereocenters. The van der Waals surface area contributed by atoms with Gasteiger partial charge in [0, 0.05) is 10.6 Å². The molecule has 1 heterocycles. The van der Waals surface area contributed by atoms with Crippen LogP contribution in [0, 0.1) is 5.92 Å². The van der Waals surface area contributed by atoms with Crippen molar-refractivity contribution in [1.29, 1.82) is 0 Å². The lowest BCUT2D eigenvalue weighted by atomic mass is 9.76. The lowest BCUT2D eigenvalue weighted by molar-refractivity contribution is -0.158. The highest BCUT2D eigenvalue weighted by Crippen LogP contribution is 2.46. The van der Waals surface area contributed by atoms with E-state index in [1.165, 1.54) is 7.11 Å². The van der Waals surface area contributed by atoms with Crippen LogP contribution in [-0.4, -0.2) is 23.9 Å². The molecule has 20 heavy (non-hydrogen) atoms. The lowest BCUT2D eigenvalue weighted by Crippen LogP contribution is -2.42. The first kappa shape index (κ1) is 15.4. The van der Waals surface area contributed by atoms with E-state index in [1.54, 1.807) is 11.8 Å². The first-order chi connectivity index (χ1) is 9.63. The van der Waals surface area contributed by atoms with Crippen molar-refractivity contribution in [3.63, 3.8) is 0 Å². The Kier molecular flexibility index (Phi) is 5.11. The smallest absolute Gasteiger partial charge is 0.311 e. The van der Waals surface area contributed by atoms with Crippen LogP contribution >= 0.6 is 11.8 Å². The molecule has 0 aromatic heterocycles. The van der Waals surface area contributed by atoms with Crippen LogP contribution in [0.15, 0.2) is 29.2 Å². The molecule has 1 aromatic carbocycles. The molecule has 2 atom stereocenters. The molecule has 4 heteroatoms. The largest absolute Gasteiger partial charge is 0.469 e. The first-order valence-corrected chi connectivity index (χ1v) is 8.14. The van der Waals surface area contributed by atoms with Crippen molar-refractivity contribution in [2.24, 2.45) is 5.92 Å². The van der Waals surface area contributed by atoms with Gasteiger partial charge in [0.15, 0.2) is 0 Å². The third-order valence-electron chi connectivity index (χ3n) is 4.00. The van der Waals surface area contributed by atoms with Gasteiger partial charge in [-0.2, -0.15) is 0 Å². The lowest BCUT2D eigenvalue weighted by Gasteiger charge is -2.39. The fourth-order valence-electron chi connectivity index (χ4n) is 2.87. The minimum absolute atomic E-state index is 0.303. The highest BCUT2D eigenvalue weighted by molar-refractivity contribution is 7.99. The maximum atomic E-state index is 12.1. The summed E-state index contributed by atoms with van der Waals surface area (Å²) in [6.07, 6.45) is 3.17. The van der Waals surface area contributed by atoms with Gasteiger partial charge in [0.05, 0.1) is 13.0 Å².